The van der Waals surface area contributed by atoms with Gasteiger partial charge in [-0.3, -0.25) is 9.69 Å². The first-order valence-corrected chi connectivity index (χ1v) is 13.9. The fourth-order valence-corrected chi connectivity index (χ4v) is 5.34. The molecule has 2 unspecified atom stereocenters. The van der Waals surface area contributed by atoms with Crippen LogP contribution in [0, 0.1) is 12.7 Å². The molecule has 1 amide bonds. The number of nitrogens with one attached hydrogen (secondary N) is 4. The lowest BCUT2D eigenvalue weighted by atomic mass is 10.1. The molecule has 1 saturated heterocycles. The Labute approximate surface area is 225 Å². The number of nitrogens with zero attached hydrogens (tertiary/aromatic N) is 3. The van der Waals surface area contributed by atoms with E-state index in [1.54, 1.807) is 24.4 Å². The molecule has 3 heterocycles. The van der Waals surface area contributed by atoms with Gasteiger partial charge in [0.2, 0.25) is 11.9 Å². The van der Waals surface area contributed by atoms with Gasteiger partial charge in [-0.05, 0) is 50.8 Å². The number of fused-ring (bicyclic) bond motifs is 1. The van der Waals surface area contributed by atoms with Crippen molar-refractivity contribution < 1.29 is 9.18 Å². The maximum atomic E-state index is 14.8. The Bertz CT molecular complexity index is 1470. The fraction of sp³-hybridized carbons (Fsp3) is 0.321. The van der Waals surface area contributed by atoms with Crippen LogP contribution in [0.4, 0.5) is 21.7 Å². The highest BCUT2D eigenvalue weighted by molar-refractivity contribution is 7.98. The Morgan fingerprint density at radius 3 is 2.82 bits per heavy atom. The van der Waals surface area contributed by atoms with E-state index >= 15 is 0 Å². The molecule has 8 nitrogen and oxygen atoms in total. The van der Waals surface area contributed by atoms with E-state index in [1.807, 2.05) is 44.5 Å². The number of rotatable bonds is 7. The van der Waals surface area contributed by atoms with Crippen LogP contribution >= 0.6 is 11.8 Å². The third kappa shape index (κ3) is 5.24. The fourth-order valence-electron chi connectivity index (χ4n) is 4.83. The van der Waals surface area contributed by atoms with E-state index in [0.717, 1.165) is 53.0 Å². The molecule has 1 fully saturated rings. The van der Waals surface area contributed by atoms with Crippen LogP contribution in [0.25, 0.3) is 22.2 Å². The van der Waals surface area contributed by atoms with E-state index in [0.29, 0.717) is 22.6 Å². The van der Waals surface area contributed by atoms with E-state index < -0.39 is 0 Å². The maximum Gasteiger partial charge on any atom is 0.241 e. The summed E-state index contributed by atoms with van der Waals surface area (Å²) in [6, 6.07) is 11.1. The van der Waals surface area contributed by atoms with Crippen molar-refractivity contribution in [2.24, 2.45) is 0 Å². The summed E-state index contributed by atoms with van der Waals surface area (Å²) >= 11 is 1.34. The number of aromatic amines is 1. The number of thioether (sulfide) groups is 1. The first-order valence-electron chi connectivity index (χ1n) is 12.7. The van der Waals surface area contributed by atoms with Crippen molar-refractivity contribution in [3.05, 3.63) is 60.2 Å². The number of carbonyl (C=O) groups is 1. The number of hydrogen-bond donors (Lipinski definition) is 4. The van der Waals surface area contributed by atoms with Crippen LogP contribution in [-0.4, -0.2) is 63.7 Å². The van der Waals surface area contributed by atoms with Crippen molar-refractivity contribution in [2.45, 2.75) is 37.8 Å². The van der Waals surface area contributed by atoms with Gasteiger partial charge < -0.3 is 20.9 Å². The highest BCUT2D eigenvalue weighted by Gasteiger charge is 2.26. The van der Waals surface area contributed by atoms with Crippen molar-refractivity contribution in [1.29, 1.82) is 0 Å². The van der Waals surface area contributed by atoms with E-state index in [2.05, 4.69) is 37.7 Å². The summed E-state index contributed by atoms with van der Waals surface area (Å²) in [4.78, 5) is 28.3. The lowest BCUT2D eigenvalue weighted by molar-refractivity contribution is -0.121. The molecule has 1 aliphatic heterocycles. The molecule has 0 radical (unpaired) electrons. The average molecular weight is 534 g/mol. The molecule has 0 aliphatic carbocycles. The number of benzene rings is 2. The second kappa shape index (κ2) is 11.1. The third-order valence-electron chi connectivity index (χ3n) is 6.96. The molecule has 0 bridgehead atoms. The number of piperazine rings is 1. The molecular weight excluding hydrogens is 501 g/mol. The minimum atomic E-state index is -0.331. The molecule has 38 heavy (non-hydrogen) atoms. The molecule has 2 atom stereocenters. The van der Waals surface area contributed by atoms with Gasteiger partial charge in [0.05, 0.1) is 28.6 Å². The quantitative estimate of drug-likeness (QED) is 0.244. The number of amides is 1. The van der Waals surface area contributed by atoms with Crippen molar-refractivity contribution in [2.75, 3.05) is 36.5 Å². The number of carbonyl (C=O) groups excluding carboxylic acids is 1. The van der Waals surface area contributed by atoms with Crippen LogP contribution in [0.2, 0.25) is 0 Å². The molecule has 2 aromatic carbocycles. The number of H-pyrrole nitrogens is 1. The number of halogens is 1. The van der Waals surface area contributed by atoms with E-state index in [9.17, 15) is 9.18 Å². The van der Waals surface area contributed by atoms with Crippen LogP contribution in [0.1, 0.15) is 19.4 Å². The predicted octanol–water partition coefficient (Wildman–Crippen LogP) is 5.16. The van der Waals surface area contributed by atoms with Crippen molar-refractivity contribution in [1.82, 2.24) is 25.2 Å². The number of para-hydroxylation sites is 1. The first kappa shape index (κ1) is 26.1. The number of anilines is 3. The summed E-state index contributed by atoms with van der Waals surface area (Å²) in [6.07, 6.45) is 5.44. The highest BCUT2D eigenvalue weighted by atomic mass is 32.2. The zero-order valence-corrected chi connectivity index (χ0v) is 22.7. The second-order valence-corrected chi connectivity index (χ2v) is 10.5. The van der Waals surface area contributed by atoms with Crippen molar-refractivity contribution >= 4 is 45.9 Å². The van der Waals surface area contributed by atoms with Crippen molar-refractivity contribution in [3.63, 3.8) is 0 Å². The van der Waals surface area contributed by atoms with Gasteiger partial charge in [0.15, 0.2) is 5.82 Å². The summed E-state index contributed by atoms with van der Waals surface area (Å²) in [6.45, 7) is 8.56. The molecule has 0 spiro atoms. The van der Waals surface area contributed by atoms with Crippen molar-refractivity contribution in [3.8, 4) is 11.3 Å². The smallest absolute Gasteiger partial charge is 0.241 e. The SMILES string of the molecule is CSc1cccc(Nc2ncc(C)c(-c3c[nH]c4c(NC(=O)C(C)N5CCNC(C)C5)cccc34)n2)c1F. The molecule has 2 aromatic heterocycles. The minimum Gasteiger partial charge on any atom is -0.359 e. The normalized spacial score (nSPS) is 16.9. The van der Waals surface area contributed by atoms with Gasteiger partial charge >= 0.3 is 0 Å². The maximum absolute atomic E-state index is 14.8. The monoisotopic (exact) mass is 533 g/mol. The zero-order chi connectivity index (χ0) is 26.8. The van der Waals surface area contributed by atoms with Crippen LogP contribution < -0.4 is 16.0 Å². The van der Waals surface area contributed by atoms with Gasteiger partial charge in [0.25, 0.3) is 0 Å². The number of aromatic nitrogens is 3. The molecule has 5 rings (SSSR count). The Morgan fingerprint density at radius 2 is 2.03 bits per heavy atom. The van der Waals surface area contributed by atoms with Crippen LogP contribution in [-0.2, 0) is 4.79 Å². The van der Waals surface area contributed by atoms with Crippen LogP contribution in [0.5, 0.6) is 0 Å². The van der Waals surface area contributed by atoms with Gasteiger partial charge in [-0.25, -0.2) is 14.4 Å². The lowest BCUT2D eigenvalue weighted by Crippen LogP contribution is -2.54. The zero-order valence-electron chi connectivity index (χ0n) is 21.9. The Balaban J connectivity index is 1.42. The van der Waals surface area contributed by atoms with Crippen LogP contribution in [0.15, 0.2) is 53.7 Å². The van der Waals surface area contributed by atoms with Gasteiger partial charge in [0, 0.05) is 53.9 Å². The van der Waals surface area contributed by atoms with Gasteiger partial charge in [-0.2, -0.15) is 0 Å². The second-order valence-electron chi connectivity index (χ2n) is 9.62. The number of hydrogen-bond acceptors (Lipinski definition) is 7. The lowest BCUT2D eigenvalue weighted by Gasteiger charge is -2.35. The summed E-state index contributed by atoms with van der Waals surface area (Å²) in [7, 11) is 0. The molecule has 198 valence electrons. The standard InChI is InChI=1S/C28H32FN7OS/c1-16-13-32-28(34-21-8-6-10-23(38-4)24(21)29)35-25(16)20-14-31-26-19(20)7-5-9-22(26)33-27(37)18(3)36-12-11-30-17(2)15-36/h5-10,13-14,17-18,30-31H,11-12,15H2,1-4H3,(H,33,37)(H,32,34,35). The van der Waals surface area contributed by atoms with E-state index in [1.165, 1.54) is 11.8 Å². The summed E-state index contributed by atoms with van der Waals surface area (Å²) in [5.74, 6) is -0.0645. The Morgan fingerprint density at radius 1 is 1.24 bits per heavy atom. The Kier molecular flexibility index (Phi) is 7.64. The molecule has 4 aromatic rings. The Hall–Kier alpha value is -3.47. The summed E-state index contributed by atoms with van der Waals surface area (Å²) in [5.41, 5.74) is 4.34. The predicted molar refractivity (Wildman–Crippen MR) is 153 cm³/mol. The number of aryl methyl sites for hydroxylation is 1. The topological polar surface area (TPSA) is 98.0 Å². The third-order valence-corrected chi connectivity index (χ3v) is 7.71. The first-order chi connectivity index (χ1) is 18.4. The van der Waals surface area contributed by atoms with E-state index in [-0.39, 0.29) is 17.8 Å². The molecule has 1 aliphatic rings. The average Bonchev–Trinajstić information content (AvgIpc) is 3.35. The van der Waals surface area contributed by atoms with Gasteiger partial charge in [-0.1, -0.05) is 18.2 Å². The molecular formula is C28H32FN7OS. The highest BCUT2D eigenvalue weighted by Crippen LogP contribution is 2.34. The van der Waals surface area contributed by atoms with E-state index in [4.69, 9.17) is 4.98 Å². The molecule has 10 heteroatoms. The largest absolute Gasteiger partial charge is 0.359 e. The molecule has 0 saturated carbocycles. The van der Waals surface area contributed by atoms with Gasteiger partial charge in [0.1, 0.15) is 0 Å². The summed E-state index contributed by atoms with van der Waals surface area (Å²) < 4.78 is 14.8. The van der Waals surface area contributed by atoms with Gasteiger partial charge in [-0.15, -0.1) is 11.8 Å². The minimum absolute atomic E-state index is 0.0399. The van der Waals surface area contributed by atoms with Crippen LogP contribution in [0.3, 0.4) is 0 Å². The summed E-state index contributed by atoms with van der Waals surface area (Å²) in [5, 5.41) is 10.5. The molecule has 4 N–H and O–H groups in total.